The standard InChI is InChI=1S/C11H12N2O4S/c14-13(15)11-3-1-2-9(6-11)7-12-10-4-5-18(16,17)8-10/h1-3,6-7,10H,4-5,8H2/t10-/m0/s1. The molecule has 1 fully saturated rings. The summed E-state index contributed by atoms with van der Waals surface area (Å²) < 4.78 is 22.5. The molecule has 0 aliphatic carbocycles. The summed E-state index contributed by atoms with van der Waals surface area (Å²) in [5, 5.41) is 10.6. The molecular formula is C11H12N2O4S. The van der Waals surface area contributed by atoms with Gasteiger partial charge in [0.2, 0.25) is 0 Å². The fraction of sp³-hybridized carbons (Fsp3) is 0.364. The Labute approximate surface area is 104 Å². The average Bonchev–Trinajstić information content (AvgIpc) is 2.67. The zero-order chi connectivity index (χ0) is 13.2. The molecule has 0 bridgehead atoms. The van der Waals surface area contributed by atoms with Crippen LogP contribution in [0.15, 0.2) is 29.3 Å². The van der Waals surface area contributed by atoms with Gasteiger partial charge in [-0.15, -0.1) is 0 Å². The summed E-state index contributed by atoms with van der Waals surface area (Å²) in [6.45, 7) is 0. The van der Waals surface area contributed by atoms with Gasteiger partial charge in [0, 0.05) is 18.3 Å². The molecule has 0 radical (unpaired) electrons. The molecule has 1 saturated heterocycles. The topological polar surface area (TPSA) is 89.6 Å². The molecule has 0 unspecified atom stereocenters. The predicted octanol–water partition coefficient (Wildman–Crippen LogP) is 1.20. The highest BCUT2D eigenvalue weighted by Crippen LogP contribution is 2.16. The Morgan fingerprint density at radius 2 is 2.22 bits per heavy atom. The van der Waals surface area contributed by atoms with Crippen molar-refractivity contribution in [2.75, 3.05) is 11.5 Å². The minimum atomic E-state index is -2.94. The molecule has 96 valence electrons. The number of aliphatic imine (C=N–C) groups is 1. The molecule has 0 N–H and O–H groups in total. The van der Waals surface area contributed by atoms with Crippen LogP contribution in [0.2, 0.25) is 0 Å². The summed E-state index contributed by atoms with van der Waals surface area (Å²) in [7, 11) is -2.94. The second-order valence-electron chi connectivity index (χ2n) is 4.19. The Kier molecular flexibility index (Phi) is 3.42. The van der Waals surface area contributed by atoms with Gasteiger partial charge in [0.15, 0.2) is 9.84 Å². The molecule has 1 atom stereocenters. The lowest BCUT2D eigenvalue weighted by atomic mass is 10.2. The summed E-state index contributed by atoms with van der Waals surface area (Å²) >= 11 is 0. The van der Waals surface area contributed by atoms with Gasteiger partial charge in [-0.2, -0.15) is 0 Å². The van der Waals surface area contributed by atoms with E-state index in [1.165, 1.54) is 18.3 Å². The van der Waals surface area contributed by atoms with Crippen molar-refractivity contribution in [3.63, 3.8) is 0 Å². The molecule has 0 amide bonds. The van der Waals surface area contributed by atoms with Crippen LogP contribution in [0, 0.1) is 10.1 Å². The number of non-ortho nitro benzene ring substituents is 1. The Morgan fingerprint density at radius 3 is 2.83 bits per heavy atom. The van der Waals surface area contributed by atoms with Gasteiger partial charge < -0.3 is 0 Å². The van der Waals surface area contributed by atoms with Crippen molar-refractivity contribution in [2.45, 2.75) is 12.5 Å². The predicted molar refractivity (Wildman–Crippen MR) is 67.7 cm³/mol. The monoisotopic (exact) mass is 268 g/mol. The van der Waals surface area contributed by atoms with E-state index in [0.717, 1.165) is 0 Å². The number of sulfone groups is 1. The smallest absolute Gasteiger partial charge is 0.270 e. The third-order valence-corrected chi connectivity index (χ3v) is 4.47. The zero-order valence-corrected chi connectivity index (χ0v) is 10.3. The van der Waals surface area contributed by atoms with Crippen LogP contribution in [0.3, 0.4) is 0 Å². The van der Waals surface area contributed by atoms with Gasteiger partial charge in [0.25, 0.3) is 5.69 Å². The molecule has 1 aliphatic rings. The number of hydrogen-bond donors (Lipinski definition) is 0. The van der Waals surface area contributed by atoms with E-state index in [2.05, 4.69) is 4.99 Å². The molecule has 6 nitrogen and oxygen atoms in total. The highest BCUT2D eigenvalue weighted by atomic mass is 32.2. The van der Waals surface area contributed by atoms with Crippen molar-refractivity contribution in [1.29, 1.82) is 0 Å². The molecule has 1 aromatic rings. The second kappa shape index (κ2) is 4.85. The summed E-state index contributed by atoms with van der Waals surface area (Å²) in [5.74, 6) is 0.238. The Morgan fingerprint density at radius 1 is 1.44 bits per heavy atom. The zero-order valence-electron chi connectivity index (χ0n) is 9.52. The maximum absolute atomic E-state index is 11.2. The van der Waals surface area contributed by atoms with Crippen molar-refractivity contribution in [2.24, 2.45) is 4.99 Å². The molecule has 0 saturated carbocycles. The first-order valence-electron chi connectivity index (χ1n) is 5.44. The van der Waals surface area contributed by atoms with E-state index in [4.69, 9.17) is 0 Å². The van der Waals surface area contributed by atoms with Crippen LogP contribution < -0.4 is 0 Å². The summed E-state index contributed by atoms with van der Waals surface area (Å²) in [4.78, 5) is 14.3. The maximum atomic E-state index is 11.2. The average molecular weight is 268 g/mol. The molecule has 0 spiro atoms. The number of benzene rings is 1. The lowest BCUT2D eigenvalue weighted by Crippen LogP contribution is -2.07. The fourth-order valence-electron chi connectivity index (χ4n) is 1.80. The van der Waals surface area contributed by atoms with Crippen LogP contribution in [-0.2, 0) is 9.84 Å². The van der Waals surface area contributed by atoms with Gasteiger partial charge in [-0.05, 0) is 12.0 Å². The number of nitro groups is 1. The van der Waals surface area contributed by atoms with Crippen LogP contribution in [-0.4, -0.2) is 37.1 Å². The third-order valence-electron chi connectivity index (χ3n) is 2.72. The number of hydrogen-bond acceptors (Lipinski definition) is 5. The molecule has 7 heteroatoms. The van der Waals surface area contributed by atoms with Crippen molar-refractivity contribution in [3.8, 4) is 0 Å². The van der Waals surface area contributed by atoms with Crippen molar-refractivity contribution in [1.82, 2.24) is 0 Å². The summed E-state index contributed by atoms with van der Waals surface area (Å²) in [6.07, 6.45) is 2.02. The van der Waals surface area contributed by atoms with E-state index in [0.29, 0.717) is 12.0 Å². The number of nitro benzene ring substituents is 1. The largest absolute Gasteiger partial charge is 0.288 e. The summed E-state index contributed by atoms with van der Waals surface area (Å²) in [6, 6.07) is 5.85. The quantitative estimate of drug-likeness (QED) is 0.468. The van der Waals surface area contributed by atoms with Gasteiger partial charge in [0.05, 0.1) is 22.5 Å². The van der Waals surface area contributed by atoms with E-state index in [1.54, 1.807) is 12.1 Å². The molecular weight excluding hydrogens is 256 g/mol. The lowest BCUT2D eigenvalue weighted by Gasteiger charge is -1.99. The van der Waals surface area contributed by atoms with Gasteiger partial charge >= 0.3 is 0 Å². The Hall–Kier alpha value is -1.76. The Balaban J connectivity index is 2.10. The maximum Gasteiger partial charge on any atom is 0.270 e. The number of rotatable bonds is 3. The second-order valence-corrected chi connectivity index (χ2v) is 6.42. The van der Waals surface area contributed by atoms with Gasteiger partial charge in [0.1, 0.15) is 0 Å². The van der Waals surface area contributed by atoms with Crippen molar-refractivity contribution < 1.29 is 13.3 Å². The van der Waals surface area contributed by atoms with Gasteiger partial charge in [-0.1, -0.05) is 12.1 Å². The van der Waals surface area contributed by atoms with E-state index in [1.807, 2.05) is 0 Å². The van der Waals surface area contributed by atoms with Crippen molar-refractivity contribution in [3.05, 3.63) is 39.9 Å². The van der Waals surface area contributed by atoms with Gasteiger partial charge in [-0.25, -0.2) is 8.42 Å². The van der Waals surface area contributed by atoms with Crippen LogP contribution in [0.5, 0.6) is 0 Å². The minimum Gasteiger partial charge on any atom is -0.288 e. The molecule has 18 heavy (non-hydrogen) atoms. The summed E-state index contributed by atoms with van der Waals surface area (Å²) in [5.41, 5.74) is 0.603. The van der Waals surface area contributed by atoms with Crippen LogP contribution in [0.4, 0.5) is 5.69 Å². The van der Waals surface area contributed by atoms with E-state index >= 15 is 0 Å². The van der Waals surface area contributed by atoms with E-state index < -0.39 is 14.8 Å². The minimum absolute atomic E-state index is 0.00186. The lowest BCUT2D eigenvalue weighted by molar-refractivity contribution is -0.384. The van der Waals surface area contributed by atoms with Crippen LogP contribution >= 0.6 is 0 Å². The molecule has 1 heterocycles. The molecule has 0 aromatic heterocycles. The first-order chi connectivity index (χ1) is 8.46. The highest BCUT2D eigenvalue weighted by Gasteiger charge is 2.26. The van der Waals surface area contributed by atoms with E-state index in [9.17, 15) is 18.5 Å². The van der Waals surface area contributed by atoms with Crippen LogP contribution in [0.1, 0.15) is 12.0 Å². The first kappa shape index (κ1) is 12.7. The fourth-order valence-corrected chi connectivity index (χ4v) is 3.44. The highest BCUT2D eigenvalue weighted by molar-refractivity contribution is 7.91. The van der Waals surface area contributed by atoms with E-state index in [-0.39, 0.29) is 23.2 Å². The first-order valence-corrected chi connectivity index (χ1v) is 7.26. The molecule has 1 aliphatic heterocycles. The third kappa shape index (κ3) is 3.13. The Bertz CT molecular complexity index is 595. The van der Waals surface area contributed by atoms with Gasteiger partial charge in [-0.3, -0.25) is 15.1 Å². The normalized spacial score (nSPS) is 22.3. The molecule has 2 rings (SSSR count). The van der Waals surface area contributed by atoms with Crippen LogP contribution in [0.25, 0.3) is 0 Å². The van der Waals surface area contributed by atoms with Crippen molar-refractivity contribution >= 4 is 21.7 Å². The number of nitrogens with zero attached hydrogens (tertiary/aromatic N) is 2. The molecule has 1 aromatic carbocycles. The SMILES string of the molecule is O=[N+]([O-])c1cccc(C=N[C@H]2CCS(=O)(=O)C2)c1.